The predicted molar refractivity (Wildman–Crippen MR) is 238 cm³/mol. The van der Waals surface area contributed by atoms with E-state index in [4.69, 9.17) is 0 Å². The highest BCUT2D eigenvalue weighted by Crippen LogP contribution is 2.51. The van der Waals surface area contributed by atoms with Crippen LogP contribution in [0.3, 0.4) is 0 Å². The summed E-state index contributed by atoms with van der Waals surface area (Å²) in [5.41, 5.74) is 18.3. The second-order valence-corrected chi connectivity index (χ2v) is 15.3. The molecule has 0 saturated carbocycles. The summed E-state index contributed by atoms with van der Waals surface area (Å²) in [7, 11) is 0. The van der Waals surface area contributed by atoms with Gasteiger partial charge >= 0.3 is 0 Å². The Hall–Kier alpha value is -6.96. The Labute approximate surface area is 329 Å². The summed E-state index contributed by atoms with van der Waals surface area (Å²) < 4.78 is 0. The average Bonchev–Trinajstić information content (AvgIpc) is 3.49. The van der Waals surface area contributed by atoms with E-state index in [1.54, 1.807) is 0 Å². The number of benzene rings is 9. The molecule has 0 aromatic heterocycles. The summed E-state index contributed by atoms with van der Waals surface area (Å²) in [6.45, 7) is 4.72. The van der Waals surface area contributed by atoms with Crippen LogP contribution in [0.25, 0.3) is 66.4 Å². The zero-order valence-electron chi connectivity index (χ0n) is 31.7. The molecule has 0 heterocycles. The molecule has 266 valence electrons. The van der Waals surface area contributed by atoms with E-state index in [-0.39, 0.29) is 5.41 Å². The lowest BCUT2D eigenvalue weighted by atomic mass is 9.82. The number of anilines is 3. The van der Waals surface area contributed by atoms with Gasteiger partial charge < -0.3 is 4.90 Å². The largest absolute Gasteiger partial charge is 0.310 e. The standard InChI is InChI=1S/C55H41N/c1-55(2)51-32-14-13-28-48(51)49-35-34-43(37-52(49)55)56(53-33-16-23-39-22-9-10-27-45(39)53)42-25-15-24-41(36-42)47-31-17-30-46(40-20-7-4-8-21-40)54(47)50-29-12-11-26-44(50)38-18-5-3-6-19-38/h3-37H,1-2H3. The van der Waals surface area contributed by atoms with Crippen LogP contribution in [0.2, 0.25) is 0 Å². The maximum Gasteiger partial charge on any atom is 0.0540 e. The van der Waals surface area contributed by atoms with Crippen molar-refractivity contribution in [3.8, 4) is 55.6 Å². The van der Waals surface area contributed by atoms with Gasteiger partial charge in [0.1, 0.15) is 0 Å². The Balaban J connectivity index is 1.20. The summed E-state index contributed by atoms with van der Waals surface area (Å²) >= 11 is 0. The topological polar surface area (TPSA) is 3.24 Å². The predicted octanol–water partition coefficient (Wildman–Crippen LogP) is 15.3. The summed E-state index contributed by atoms with van der Waals surface area (Å²) in [4.78, 5) is 2.46. The van der Waals surface area contributed by atoms with E-state index in [0.29, 0.717) is 0 Å². The van der Waals surface area contributed by atoms with Crippen LogP contribution in [-0.2, 0) is 5.41 Å². The summed E-state index contributed by atoms with van der Waals surface area (Å²) in [6.07, 6.45) is 0. The molecular weight excluding hydrogens is 675 g/mol. The highest BCUT2D eigenvalue weighted by atomic mass is 15.1. The van der Waals surface area contributed by atoms with Gasteiger partial charge in [-0.2, -0.15) is 0 Å². The van der Waals surface area contributed by atoms with Gasteiger partial charge in [0, 0.05) is 22.2 Å². The van der Waals surface area contributed by atoms with E-state index in [2.05, 4.69) is 231 Å². The zero-order valence-corrected chi connectivity index (χ0v) is 31.7. The molecule has 1 aliphatic rings. The second kappa shape index (κ2) is 13.7. The van der Waals surface area contributed by atoms with Crippen LogP contribution >= 0.6 is 0 Å². The van der Waals surface area contributed by atoms with Crippen molar-refractivity contribution < 1.29 is 0 Å². The Bertz CT molecular complexity index is 2880. The molecule has 0 amide bonds. The second-order valence-electron chi connectivity index (χ2n) is 15.3. The fourth-order valence-electron chi connectivity index (χ4n) is 8.99. The van der Waals surface area contributed by atoms with Crippen LogP contribution in [0, 0.1) is 0 Å². The average molecular weight is 716 g/mol. The molecule has 1 aliphatic carbocycles. The van der Waals surface area contributed by atoms with E-state index >= 15 is 0 Å². The van der Waals surface area contributed by atoms with Crippen LogP contribution in [0.4, 0.5) is 17.1 Å². The van der Waals surface area contributed by atoms with Gasteiger partial charge in [-0.3, -0.25) is 0 Å². The molecule has 0 atom stereocenters. The monoisotopic (exact) mass is 715 g/mol. The minimum absolute atomic E-state index is 0.118. The maximum absolute atomic E-state index is 2.46. The zero-order chi connectivity index (χ0) is 37.6. The third-order valence-electron chi connectivity index (χ3n) is 11.7. The van der Waals surface area contributed by atoms with Gasteiger partial charge in [0.25, 0.3) is 0 Å². The van der Waals surface area contributed by atoms with E-state index in [9.17, 15) is 0 Å². The first-order valence-corrected chi connectivity index (χ1v) is 19.5. The van der Waals surface area contributed by atoms with E-state index in [1.807, 2.05) is 0 Å². The van der Waals surface area contributed by atoms with Crippen LogP contribution in [-0.4, -0.2) is 0 Å². The Kier molecular flexibility index (Phi) is 8.23. The van der Waals surface area contributed by atoms with Crippen molar-refractivity contribution >= 4 is 27.8 Å². The molecular formula is C55H41N. The lowest BCUT2D eigenvalue weighted by Crippen LogP contribution is -2.16. The van der Waals surface area contributed by atoms with Crippen molar-refractivity contribution in [2.45, 2.75) is 19.3 Å². The van der Waals surface area contributed by atoms with Crippen LogP contribution in [0.5, 0.6) is 0 Å². The highest BCUT2D eigenvalue weighted by Gasteiger charge is 2.36. The van der Waals surface area contributed by atoms with Gasteiger partial charge in [-0.1, -0.05) is 196 Å². The van der Waals surface area contributed by atoms with Gasteiger partial charge in [-0.25, -0.2) is 0 Å². The third kappa shape index (κ3) is 5.63. The SMILES string of the molecule is CC1(C)c2ccccc2-c2ccc(N(c3cccc(-c4cccc(-c5ccccc5)c4-c4ccccc4-c4ccccc4)c3)c3cccc4ccccc34)cc21. The molecule has 56 heavy (non-hydrogen) atoms. The Morgan fingerprint density at radius 2 is 0.857 bits per heavy atom. The fourth-order valence-corrected chi connectivity index (χ4v) is 8.99. The molecule has 9 aromatic rings. The van der Waals surface area contributed by atoms with Crippen LogP contribution in [0.15, 0.2) is 212 Å². The van der Waals surface area contributed by atoms with Gasteiger partial charge in [0.2, 0.25) is 0 Å². The van der Waals surface area contributed by atoms with Crippen LogP contribution < -0.4 is 4.90 Å². The first-order chi connectivity index (χ1) is 27.6. The first-order valence-electron chi connectivity index (χ1n) is 19.5. The van der Waals surface area contributed by atoms with Crippen molar-refractivity contribution in [3.05, 3.63) is 223 Å². The molecule has 0 spiro atoms. The fraction of sp³-hybridized carbons (Fsp3) is 0.0545. The van der Waals surface area contributed by atoms with Crippen LogP contribution in [0.1, 0.15) is 25.0 Å². The molecule has 10 rings (SSSR count). The maximum atomic E-state index is 2.46. The Morgan fingerprint density at radius 3 is 1.64 bits per heavy atom. The molecule has 0 unspecified atom stereocenters. The normalized spacial score (nSPS) is 12.6. The molecule has 0 bridgehead atoms. The molecule has 1 nitrogen and oxygen atoms in total. The quantitative estimate of drug-likeness (QED) is 0.159. The summed E-state index contributed by atoms with van der Waals surface area (Å²) in [6, 6.07) is 77.7. The number of hydrogen-bond donors (Lipinski definition) is 0. The van der Waals surface area contributed by atoms with Crippen molar-refractivity contribution in [3.63, 3.8) is 0 Å². The lowest BCUT2D eigenvalue weighted by molar-refractivity contribution is 0.660. The highest BCUT2D eigenvalue weighted by molar-refractivity contribution is 6.02. The minimum atomic E-state index is -0.118. The van der Waals surface area contributed by atoms with Gasteiger partial charge in [0.05, 0.1) is 5.69 Å². The number of hydrogen-bond acceptors (Lipinski definition) is 1. The molecule has 0 radical (unpaired) electrons. The molecule has 0 N–H and O–H groups in total. The van der Waals surface area contributed by atoms with Crippen molar-refractivity contribution in [1.29, 1.82) is 0 Å². The molecule has 0 aliphatic heterocycles. The lowest BCUT2D eigenvalue weighted by Gasteiger charge is -2.29. The van der Waals surface area contributed by atoms with Crippen molar-refractivity contribution in [2.24, 2.45) is 0 Å². The smallest absolute Gasteiger partial charge is 0.0540 e. The summed E-state index contributed by atoms with van der Waals surface area (Å²) in [5.74, 6) is 0. The first kappa shape index (κ1) is 33.6. The number of rotatable bonds is 7. The third-order valence-corrected chi connectivity index (χ3v) is 11.7. The molecule has 0 saturated heterocycles. The van der Waals surface area contributed by atoms with Gasteiger partial charge in [-0.05, 0) is 102 Å². The Morgan fingerprint density at radius 1 is 0.339 bits per heavy atom. The van der Waals surface area contributed by atoms with Crippen molar-refractivity contribution in [2.75, 3.05) is 4.90 Å². The molecule has 1 heteroatoms. The van der Waals surface area contributed by atoms with E-state index < -0.39 is 0 Å². The number of nitrogens with zero attached hydrogens (tertiary/aromatic N) is 1. The van der Waals surface area contributed by atoms with Gasteiger partial charge in [0.15, 0.2) is 0 Å². The van der Waals surface area contributed by atoms with E-state index in [1.165, 1.54) is 72.0 Å². The van der Waals surface area contributed by atoms with E-state index in [0.717, 1.165) is 22.6 Å². The molecule has 0 fully saturated rings. The van der Waals surface area contributed by atoms with Gasteiger partial charge in [-0.15, -0.1) is 0 Å². The number of fused-ring (bicyclic) bond motifs is 4. The van der Waals surface area contributed by atoms with Crippen molar-refractivity contribution in [1.82, 2.24) is 0 Å². The minimum Gasteiger partial charge on any atom is -0.310 e. The molecule has 9 aromatic carbocycles. The summed E-state index contributed by atoms with van der Waals surface area (Å²) in [5, 5.41) is 2.43.